The Morgan fingerprint density at radius 1 is 1.10 bits per heavy atom. The molecule has 3 heterocycles. The molecule has 0 unspecified atom stereocenters. The Balaban J connectivity index is 1.10. The Morgan fingerprint density at radius 2 is 1.85 bits per heavy atom. The van der Waals surface area contributed by atoms with E-state index in [4.69, 9.17) is 14.6 Å². The maximum Gasteiger partial charge on any atom is 0.335 e. The van der Waals surface area contributed by atoms with Crippen molar-refractivity contribution in [2.75, 3.05) is 19.7 Å². The molecule has 8 nitrogen and oxygen atoms in total. The van der Waals surface area contributed by atoms with Crippen molar-refractivity contribution in [1.82, 2.24) is 14.9 Å². The highest BCUT2D eigenvalue weighted by Gasteiger charge is 2.21. The smallest absolute Gasteiger partial charge is 0.335 e. The van der Waals surface area contributed by atoms with E-state index in [1.807, 2.05) is 66.9 Å². The van der Waals surface area contributed by atoms with Gasteiger partial charge in [0.05, 0.1) is 5.56 Å². The molecule has 1 aliphatic heterocycles. The van der Waals surface area contributed by atoms with E-state index in [1.54, 1.807) is 18.3 Å². The maximum atomic E-state index is 11.1. The van der Waals surface area contributed by atoms with Crippen LogP contribution in [-0.4, -0.2) is 57.6 Å². The van der Waals surface area contributed by atoms with Gasteiger partial charge < -0.3 is 29.6 Å². The predicted molar refractivity (Wildman–Crippen MR) is 149 cm³/mol. The number of ether oxygens (including phenoxy) is 2. The number of aliphatic hydroxyl groups is 1. The molecule has 5 rings (SSSR count). The number of aromatic carboxylic acids is 1. The first-order valence-corrected chi connectivity index (χ1v) is 13.1. The average Bonchev–Trinajstić information content (AvgIpc) is 3.29. The average molecular weight is 528 g/mol. The molecule has 0 saturated carbocycles. The Kier molecular flexibility index (Phi) is 7.95. The molecule has 0 fully saturated rings. The van der Waals surface area contributed by atoms with Crippen LogP contribution < -0.4 is 14.8 Å². The summed E-state index contributed by atoms with van der Waals surface area (Å²) in [5.41, 5.74) is 5.56. The van der Waals surface area contributed by atoms with Crippen LogP contribution in [0.2, 0.25) is 0 Å². The molecular weight excluding hydrogens is 494 g/mol. The van der Waals surface area contributed by atoms with Gasteiger partial charge in [0.1, 0.15) is 24.6 Å². The molecule has 3 N–H and O–H groups in total. The number of carboxylic acids is 1. The molecule has 0 saturated heterocycles. The number of fused-ring (bicyclic) bond motifs is 1. The Morgan fingerprint density at radius 3 is 2.59 bits per heavy atom. The zero-order valence-electron chi connectivity index (χ0n) is 22.1. The molecule has 8 heteroatoms. The summed E-state index contributed by atoms with van der Waals surface area (Å²) in [5, 5.41) is 22.9. The van der Waals surface area contributed by atoms with E-state index in [1.165, 1.54) is 0 Å². The van der Waals surface area contributed by atoms with Gasteiger partial charge in [-0.25, -0.2) is 9.78 Å². The first-order chi connectivity index (χ1) is 18.9. The second-order valence-corrected chi connectivity index (χ2v) is 9.88. The first-order valence-electron chi connectivity index (χ1n) is 13.1. The van der Waals surface area contributed by atoms with Gasteiger partial charge in [0.2, 0.25) is 0 Å². The predicted octanol–water partition coefficient (Wildman–Crippen LogP) is 4.58. The summed E-state index contributed by atoms with van der Waals surface area (Å²) in [6.45, 7) is 5.20. The van der Waals surface area contributed by atoms with E-state index in [2.05, 4.69) is 16.4 Å². The van der Waals surface area contributed by atoms with Gasteiger partial charge in [0.15, 0.2) is 11.6 Å². The van der Waals surface area contributed by atoms with E-state index in [9.17, 15) is 9.90 Å². The van der Waals surface area contributed by atoms with Crippen molar-refractivity contribution in [3.63, 3.8) is 0 Å². The minimum Gasteiger partial charge on any atom is -0.489 e. The number of carboxylic acid groups (broad SMARTS) is 1. The molecule has 2 atom stereocenters. The van der Waals surface area contributed by atoms with Gasteiger partial charge in [0, 0.05) is 30.7 Å². The lowest BCUT2D eigenvalue weighted by Gasteiger charge is -2.27. The number of benzene rings is 2. The van der Waals surface area contributed by atoms with Crippen molar-refractivity contribution >= 4 is 5.97 Å². The van der Waals surface area contributed by atoms with E-state index < -0.39 is 12.1 Å². The van der Waals surface area contributed by atoms with Crippen LogP contribution in [0.15, 0.2) is 72.9 Å². The number of rotatable bonds is 10. The number of aryl methyl sites for hydroxylation is 3. The highest BCUT2D eigenvalue weighted by molar-refractivity contribution is 5.88. The minimum absolute atomic E-state index is 0.0101. The standard InChI is InChI=1S/C31H33N3O5/c1-20-5-6-21(2)34(20)30-29(4-3-15-33-30)38-19-26(35)17-32-18-27-13-11-25-16-24(12-14-28(25)39-27)22-7-9-23(10-8-22)31(36)37/h3-10,12,14-16,26-27,32,35H,11,13,17-19H2,1-2H3,(H,36,37)/t26-,27+/m0/s1. The van der Waals surface area contributed by atoms with Crippen molar-refractivity contribution in [3.8, 4) is 28.4 Å². The number of hydrogen-bond donors (Lipinski definition) is 3. The van der Waals surface area contributed by atoms with Gasteiger partial charge in [-0.1, -0.05) is 18.2 Å². The third-order valence-corrected chi connectivity index (χ3v) is 6.97. The van der Waals surface area contributed by atoms with Crippen LogP contribution in [0.25, 0.3) is 16.9 Å². The summed E-state index contributed by atoms with van der Waals surface area (Å²) in [6.07, 6.45) is 2.81. The molecule has 0 bridgehead atoms. The summed E-state index contributed by atoms with van der Waals surface area (Å²) < 4.78 is 14.2. The third-order valence-electron chi connectivity index (χ3n) is 6.97. The number of pyridine rings is 1. The van der Waals surface area contributed by atoms with Crippen molar-refractivity contribution in [3.05, 3.63) is 95.4 Å². The largest absolute Gasteiger partial charge is 0.489 e. The highest BCUT2D eigenvalue weighted by Crippen LogP contribution is 2.32. The zero-order chi connectivity index (χ0) is 27.4. The lowest BCUT2D eigenvalue weighted by atomic mass is 9.96. The van der Waals surface area contributed by atoms with Gasteiger partial charge in [-0.15, -0.1) is 0 Å². The monoisotopic (exact) mass is 527 g/mol. The first kappa shape index (κ1) is 26.5. The maximum absolute atomic E-state index is 11.1. The molecule has 39 heavy (non-hydrogen) atoms. The number of aromatic nitrogens is 2. The second-order valence-electron chi connectivity index (χ2n) is 9.88. The van der Waals surface area contributed by atoms with Gasteiger partial charge in [-0.3, -0.25) is 0 Å². The molecule has 2 aromatic carbocycles. The molecule has 0 aliphatic carbocycles. The number of nitrogens with one attached hydrogen (secondary N) is 1. The SMILES string of the molecule is Cc1ccc(C)n1-c1ncccc1OC[C@@H](O)CNC[C@H]1CCc2cc(-c3ccc(C(=O)O)cc3)ccc2O1. The van der Waals surface area contributed by atoms with Crippen LogP contribution in [0, 0.1) is 13.8 Å². The van der Waals surface area contributed by atoms with Crippen molar-refractivity contribution in [2.24, 2.45) is 0 Å². The lowest BCUT2D eigenvalue weighted by molar-refractivity contribution is 0.0697. The molecule has 4 aromatic rings. The third kappa shape index (κ3) is 6.13. The number of nitrogens with zero attached hydrogens (tertiary/aromatic N) is 2. The van der Waals surface area contributed by atoms with Crippen LogP contribution in [0.3, 0.4) is 0 Å². The lowest BCUT2D eigenvalue weighted by Crippen LogP contribution is -2.39. The summed E-state index contributed by atoms with van der Waals surface area (Å²) in [7, 11) is 0. The topological polar surface area (TPSA) is 106 Å². The normalized spacial score (nSPS) is 15.3. The molecule has 0 radical (unpaired) electrons. The Hall–Kier alpha value is -4.14. The minimum atomic E-state index is -0.930. The van der Waals surface area contributed by atoms with E-state index in [0.29, 0.717) is 24.7 Å². The molecule has 0 amide bonds. The van der Waals surface area contributed by atoms with Crippen molar-refractivity contribution in [2.45, 2.75) is 38.9 Å². The van der Waals surface area contributed by atoms with Crippen LogP contribution in [0.4, 0.5) is 0 Å². The van der Waals surface area contributed by atoms with E-state index in [0.717, 1.165) is 46.7 Å². The highest BCUT2D eigenvalue weighted by atomic mass is 16.5. The number of carbonyl (C=O) groups is 1. The fraction of sp³-hybridized carbons (Fsp3) is 0.290. The molecule has 2 aromatic heterocycles. The molecule has 0 spiro atoms. The van der Waals surface area contributed by atoms with Gasteiger partial charge >= 0.3 is 5.97 Å². The van der Waals surface area contributed by atoms with Gasteiger partial charge in [0.25, 0.3) is 0 Å². The van der Waals surface area contributed by atoms with Crippen molar-refractivity contribution in [1.29, 1.82) is 0 Å². The molecular formula is C31H33N3O5. The summed E-state index contributed by atoms with van der Waals surface area (Å²) in [5.74, 6) is 1.28. The molecule has 1 aliphatic rings. The second kappa shape index (κ2) is 11.7. The van der Waals surface area contributed by atoms with E-state index >= 15 is 0 Å². The van der Waals surface area contributed by atoms with Gasteiger partial charge in [-0.05, 0) is 91.9 Å². The fourth-order valence-corrected chi connectivity index (χ4v) is 4.89. The fourth-order valence-electron chi connectivity index (χ4n) is 4.89. The number of hydrogen-bond acceptors (Lipinski definition) is 6. The van der Waals surface area contributed by atoms with Crippen LogP contribution in [-0.2, 0) is 6.42 Å². The zero-order valence-corrected chi connectivity index (χ0v) is 22.1. The van der Waals surface area contributed by atoms with Crippen molar-refractivity contribution < 1.29 is 24.5 Å². The Bertz CT molecular complexity index is 1430. The summed E-state index contributed by atoms with van der Waals surface area (Å²) in [6, 6.07) is 20.8. The summed E-state index contributed by atoms with van der Waals surface area (Å²) >= 11 is 0. The van der Waals surface area contributed by atoms with Gasteiger partial charge in [-0.2, -0.15) is 0 Å². The van der Waals surface area contributed by atoms with E-state index in [-0.39, 0.29) is 18.3 Å². The Labute approximate surface area is 227 Å². The summed E-state index contributed by atoms with van der Waals surface area (Å²) in [4.78, 5) is 15.6. The van der Waals surface area contributed by atoms with Crippen LogP contribution in [0.1, 0.15) is 33.7 Å². The van der Waals surface area contributed by atoms with Crippen LogP contribution in [0.5, 0.6) is 11.5 Å². The quantitative estimate of drug-likeness (QED) is 0.277. The molecule has 202 valence electrons. The number of aliphatic hydroxyl groups excluding tert-OH is 1. The van der Waals surface area contributed by atoms with Crippen LogP contribution >= 0.6 is 0 Å².